The quantitative estimate of drug-likeness (QED) is 0.273. The summed E-state index contributed by atoms with van der Waals surface area (Å²) in [5.41, 5.74) is 8.06. The smallest absolute Gasteiger partial charge is 0.0469 e. The van der Waals surface area contributed by atoms with Gasteiger partial charge in [0.1, 0.15) is 0 Å². The molecule has 0 aromatic heterocycles. The van der Waals surface area contributed by atoms with E-state index in [2.05, 4.69) is 124 Å². The maximum atomic E-state index is 2.31. The van der Waals surface area contributed by atoms with E-state index in [-0.39, 0.29) is 30.2 Å². The zero-order valence-electron chi connectivity index (χ0n) is 18.0. The van der Waals surface area contributed by atoms with E-state index in [1.165, 1.54) is 33.4 Å². The van der Waals surface area contributed by atoms with E-state index < -0.39 is 0 Å². The predicted octanol–water partition coefficient (Wildman–Crippen LogP) is 1.55. The van der Waals surface area contributed by atoms with Gasteiger partial charge in [-0.15, -0.1) is 59.7 Å². The molecule has 0 fully saturated rings. The summed E-state index contributed by atoms with van der Waals surface area (Å²) in [6.45, 7) is 8.85. The summed E-state index contributed by atoms with van der Waals surface area (Å²) in [4.78, 5) is 0. The van der Waals surface area contributed by atoms with Crippen molar-refractivity contribution in [2.75, 3.05) is 0 Å². The van der Waals surface area contributed by atoms with Crippen LogP contribution in [0.2, 0.25) is 13.1 Å². The first-order chi connectivity index (χ1) is 13.5. The Kier molecular flexibility index (Phi) is 15.0. The zero-order chi connectivity index (χ0) is 20.4. The molecule has 4 heteroatoms. The van der Waals surface area contributed by atoms with Crippen molar-refractivity contribution in [3.63, 3.8) is 0 Å². The summed E-state index contributed by atoms with van der Waals surface area (Å²) in [6.07, 6.45) is 0. The minimum absolute atomic E-state index is 0. The minimum atomic E-state index is 0. The minimum Gasteiger partial charge on any atom is -1.00 e. The first-order valence-corrected chi connectivity index (χ1v) is 15.7. The van der Waals surface area contributed by atoms with Gasteiger partial charge in [0.25, 0.3) is 0 Å². The molecule has 0 saturated carbocycles. The molecule has 0 saturated heterocycles. The van der Waals surface area contributed by atoms with Gasteiger partial charge in [-0.2, -0.15) is 24.3 Å². The van der Waals surface area contributed by atoms with E-state index in [1.54, 1.807) is 23.3 Å². The molecule has 4 rings (SSSR count). The molecule has 0 N–H and O–H groups in total. The number of hydrogen-bond donors (Lipinski definition) is 0. The Morgan fingerprint density at radius 1 is 0.600 bits per heavy atom. The van der Waals surface area contributed by atoms with Crippen LogP contribution in [0.25, 0.3) is 22.3 Å². The van der Waals surface area contributed by atoms with Crippen molar-refractivity contribution in [2.24, 2.45) is 0 Å². The van der Waals surface area contributed by atoms with Gasteiger partial charge in [-0.1, -0.05) is 46.5 Å². The Hall–Kier alpha value is -1.18. The fraction of sp³-hybridized carbons (Fsp3) is 0.154. The van der Waals surface area contributed by atoms with Crippen molar-refractivity contribution in [1.82, 2.24) is 0 Å². The average molecular weight is 531 g/mol. The molecule has 156 valence electrons. The molecule has 4 aromatic rings. The molecular formula is C26H28Cl2SiZr-2. The molecule has 0 aliphatic carbocycles. The van der Waals surface area contributed by atoms with Gasteiger partial charge < -0.3 is 24.8 Å². The Morgan fingerprint density at radius 2 is 0.900 bits per heavy atom. The normalized spacial score (nSPS) is 9.00. The van der Waals surface area contributed by atoms with Crippen molar-refractivity contribution >= 4 is 5.43 Å². The number of halogens is 2. The first kappa shape index (κ1) is 28.8. The molecule has 0 amide bonds. The molecule has 0 aliphatic rings. The van der Waals surface area contributed by atoms with Crippen LogP contribution in [-0.4, -0.2) is 5.43 Å². The number of rotatable bonds is 2. The predicted molar refractivity (Wildman–Crippen MR) is 122 cm³/mol. The molecule has 0 bridgehead atoms. The number of benzene rings is 2. The summed E-state index contributed by atoms with van der Waals surface area (Å²) < 4.78 is 0. The first-order valence-electron chi connectivity index (χ1n) is 9.55. The summed E-state index contributed by atoms with van der Waals surface area (Å²) in [5, 5.41) is 0. The van der Waals surface area contributed by atoms with E-state index >= 15 is 0 Å². The maximum Gasteiger partial charge on any atom is -0.0469 e. The van der Waals surface area contributed by atoms with Crippen LogP contribution in [0.1, 0.15) is 11.1 Å². The average Bonchev–Trinajstić information content (AvgIpc) is 3.36. The van der Waals surface area contributed by atoms with Crippen molar-refractivity contribution in [2.45, 2.75) is 26.9 Å². The van der Waals surface area contributed by atoms with Crippen molar-refractivity contribution in [3.05, 3.63) is 108 Å². The largest absolute Gasteiger partial charge is 1.00 e. The standard InChI is InChI=1S/2C12H11.C2H6Si.2ClH.Zr/c2*1-10-5-4-8-12(9-10)11-6-2-3-7-11;1-3-2;;;/h2*2-9H,1H3;1-2H3;2*1H;/q2*-1;;;;+2/p-2. The fourth-order valence-corrected chi connectivity index (χ4v) is 2.78. The van der Waals surface area contributed by atoms with Crippen molar-refractivity contribution in [1.29, 1.82) is 0 Å². The zero-order valence-corrected chi connectivity index (χ0v) is 23.0. The van der Waals surface area contributed by atoms with Crippen molar-refractivity contribution < 1.29 is 48.1 Å². The summed E-state index contributed by atoms with van der Waals surface area (Å²) in [7, 11) is 0. The fourth-order valence-electron chi connectivity index (χ4n) is 2.78. The van der Waals surface area contributed by atoms with Gasteiger partial charge in [-0.25, -0.2) is 0 Å². The monoisotopic (exact) mass is 528 g/mol. The second kappa shape index (κ2) is 15.6. The van der Waals surface area contributed by atoms with Gasteiger partial charge in [0.2, 0.25) is 0 Å². The van der Waals surface area contributed by atoms with Gasteiger partial charge in [0, 0.05) is 0 Å². The molecule has 4 aromatic carbocycles. The van der Waals surface area contributed by atoms with E-state index in [9.17, 15) is 0 Å². The third-order valence-electron chi connectivity index (χ3n) is 4.03. The van der Waals surface area contributed by atoms with Crippen LogP contribution in [0, 0.1) is 13.8 Å². The molecule has 0 radical (unpaired) electrons. The van der Waals surface area contributed by atoms with Crippen LogP contribution in [0.3, 0.4) is 0 Å². The molecular weight excluding hydrogens is 503 g/mol. The Bertz CT molecular complexity index is 894. The van der Waals surface area contributed by atoms with Crippen LogP contribution in [0.4, 0.5) is 0 Å². The van der Waals surface area contributed by atoms with Gasteiger partial charge in [0.15, 0.2) is 0 Å². The SMILES string of the molecule is C[Si](C)=[Zr+2].Cc1cccc(-[c-]2cccc2)c1.Cc1cccc(-[c-]2cccc2)c1.[Cl-].[Cl-]. The molecule has 0 aliphatic heterocycles. The van der Waals surface area contributed by atoms with Crippen LogP contribution in [0.15, 0.2) is 97.1 Å². The van der Waals surface area contributed by atoms with Crippen LogP contribution < -0.4 is 24.8 Å². The van der Waals surface area contributed by atoms with Crippen LogP contribution in [-0.2, 0) is 23.3 Å². The molecule has 0 nitrogen and oxygen atoms in total. The molecule has 0 unspecified atom stereocenters. The molecule has 0 atom stereocenters. The molecule has 0 heterocycles. The third-order valence-corrected chi connectivity index (χ3v) is 4.03. The second-order valence-electron chi connectivity index (χ2n) is 7.09. The van der Waals surface area contributed by atoms with E-state index in [0.29, 0.717) is 0 Å². The Morgan fingerprint density at radius 3 is 1.17 bits per heavy atom. The second-order valence-corrected chi connectivity index (χ2v) is 16.5. The van der Waals surface area contributed by atoms with Gasteiger partial charge in [-0.05, 0) is 13.8 Å². The Balaban J connectivity index is 0.000000452. The summed E-state index contributed by atoms with van der Waals surface area (Å²) >= 11 is 1.74. The van der Waals surface area contributed by atoms with Gasteiger partial charge >= 0.3 is 41.9 Å². The van der Waals surface area contributed by atoms with Crippen LogP contribution in [0.5, 0.6) is 0 Å². The number of hydrogen-bond acceptors (Lipinski definition) is 0. The molecule has 0 spiro atoms. The third kappa shape index (κ3) is 10.7. The topological polar surface area (TPSA) is 0 Å². The summed E-state index contributed by atoms with van der Waals surface area (Å²) in [6, 6.07) is 33.9. The number of aryl methyl sites for hydroxylation is 2. The van der Waals surface area contributed by atoms with E-state index in [4.69, 9.17) is 0 Å². The van der Waals surface area contributed by atoms with Crippen molar-refractivity contribution in [3.8, 4) is 22.3 Å². The summed E-state index contributed by atoms with van der Waals surface area (Å²) in [5.74, 6) is 0. The Labute approximate surface area is 209 Å². The maximum absolute atomic E-state index is 2.31. The molecule has 30 heavy (non-hydrogen) atoms. The van der Waals surface area contributed by atoms with Gasteiger partial charge in [0.05, 0.1) is 0 Å². The van der Waals surface area contributed by atoms with E-state index in [0.717, 1.165) is 0 Å². The van der Waals surface area contributed by atoms with Gasteiger partial charge in [-0.3, -0.25) is 0 Å². The van der Waals surface area contributed by atoms with E-state index in [1.807, 2.05) is 0 Å². The van der Waals surface area contributed by atoms with Crippen LogP contribution >= 0.6 is 0 Å².